The molecule has 0 radical (unpaired) electrons. The van der Waals surface area contributed by atoms with Crippen molar-refractivity contribution in [1.29, 1.82) is 0 Å². The lowest BCUT2D eigenvalue weighted by Crippen LogP contribution is -2.34. The fraction of sp³-hybridized carbons (Fsp3) is 0.684. The zero-order valence-electron chi connectivity index (χ0n) is 14.7. The molecule has 1 saturated carbocycles. The molecule has 0 spiro atoms. The molecule has 0 amide bonds. The van der Waals surface area contributed by atoms with Crippen molar-refractivity contribution >= 4 is 0 Å². The van der Waals surface area contributed by atoms with Gasteiger partial charge in [0.15, 0.2) is 5.76 Å². The van der Waals surface area contributed by atoms with Crippen molar-refractivity contribution in [3.63, 3.8) is 0 Å². The predicted octanol–water partition coefficient (Wildman–Crippen LogP) is 3.84. The van der Waals surface area contributed by atoms with E-state index in [0.717, 1.165) is 25.4 Å². The van der Waals surface area contributed by atoms with Gasteiger partial charge in [0.25, 0.3) is 0 Å². The number of imidazole rings is 1. The first-order valence-corrected chi connectivity index (χ1v) is 9.44. The van der Waals surface area contributed by atoms with Gasteiger partial charge in [0.05, 0.1) is 12.2 Å². The van der Waals surface area contributed by atoms with E-state index in [4.69, 9.17) is 4.52 Å². The minimum Gasteiger partial charge on any atom is -0.360 e. The van der Waals surface area contributed by atoms with Gasteiger partial charge < -0.3 is 9.09 Å². The molecule has 0 aromatic carbocycles. The van der Waals surface area contributed by atoms with Crippen molar-refractivity contribution in [3.05, 3.63) is 35.7 Å². The average Bonchev–Trinajstić information content (AvgIpc) is 3.25. The van der Waals surface area contributed by atoms with E-state index in [-0.39, 0.29) is 0 Å². The topological polar surface area (TPSA) is 47.1 Å². The number of aryl methyl sites for hydroxylation is 1. The maximum atomic E-state index is 5.66. The molecule has 0 N–H and O–H groups in total. The fourth-order valence-corrected chi connectivity index (χ4v) is 4.40. The zero-order valence-corrected chi connectivity index (χ0v) is 14.7. The number of piperidine rings is 1. The molecule has 4 rings (SSSR count). The molecule has 24 heavy (non-hydrogen) atoms. The van der Waals surface area contributed by atoms with Crippen LogP contribution < -0.4 is 0 Å². The molecule has 1 aliphatic carbocycles. The lowest BCUT2D eigenvalue weighted by atomic mass is 9.87. The highest BCUT2D eigenvalue weighted by molar-refractivity contribution is 5.12. The first-order valence-electron chi connectivity index (χ1n) is 9.44. The van der Waals surface area contributed by atoms with Crippen LogP contribution >= 0.6 is 0 Å². The molecule has 3 heterocycles. The lowest BCUT2D eigenvalue weighted by Gasteiger charge is -2.31. The van der Waals surface area contributed by atoms with E-state index < -0.39 is 0 Å². The molecule has 5 nitrogen and oxygen atoms in total. The number of hydrogen-bond acceptors (Lipinski definition) is 4. The summed E-state index contributed by atoms with van der Waals surface area (Å²) in [5, 5.41) is 4.37. The first kappa shape index (κ1) is 15.9. The summed E-state index contributed by atoms with van der Waals surface area (Å²) >= 11 is 0. The van der Waals surface area contributed by atoms with Gasteiger partial charge in [0.1, 0.15) is 5.82 Å². The van der Waals surface area contributed by atoms with Crippen molar-refractivity contribution in [2.45, 2.75) is 63.3 Å². The van der Waals surface area contributed by atoms with E-state index in [0.29, 0.717) is 11.8 Å². The Balaban J connectivity index is 1.38. The highest BCUT2D eigenvalue weighted by Gasteiger charge is 2.25. The maximum absolute atomic E-state index is 5.66. The molecular weight excluding hydrogens is 300 g/mol. The van der Waals surface area contributed by atoms with Crippen LogP contribution in [-0.2, 0) is 13.6 Å². The van der Waals surface area contributed by atoms with Gasteiger partial charge in [0.2, 0.25) is 0 Å². The molecule has 0 unspecified atom stereocenters. The summed E-state index contributed by atoms with van der Waals surface area (Å²) in [5.41, 5.74) is 1.18. The van der Waals surface area contributed by atoms with E-state index >= 15 is 0 Å². The number of nitrogens with zero attached hydrogens (tertiary/aromatic N) is 4. The molecule has 0 bridgehead atoms. The number of hydrogen-bond donors (Lipinski definition) is 0. The first-order chi connectivity index (χ1) is 11.8. The lowest BCUT2D eigenvalue weighted by molar-refractivity contribution is 0.176. The second-order valence-electron chi connectivity index (χ2n) is 7.52. The van der Waals surface area contributed by atoms with Gasteiger partial charge in [-0.3, -0.25) is 4.90 Å². The Bertz CT molecular complexity index is 656. The van der Waals surface area contributed by atoms with Crippen molar-refractivity contribution in [3.8, 4) is 0 Å². The average molecular weight is 328 g/mol. The summed E-state index contributed by atoms with van der Waals surface area (Å²) in [6.07, 6.45) is 13.0. The van der Waals surface area contributed by atoms with E-state index in [1.165, 1.54) is 56.5 Å². The van der Waals surface area contributed by atoms with Crippen LogP contribution in [0.3, 0.4) is 0 Å². The standard InChI is InChI=1S/C19H28N4O/c1-22-11-9-20-19(22)16-8-5-10-23(13-16)14-17-12-18(21-24-17)15-6-3-2-4-7-15/h9,11-12,15-16H,2-8,10,13-14H2,1H3/t16-/m1/s1. The van der Waals surface area contributed by atoms with Crippen LogP contribution in [0.1, 0.15) is 74.1 Å². The summed E-state index contributed by atoms with van der Waals surface area (Å²) in [6.45, 7) is 3.07. The molecule has 2 aliphatic rings. The second-order valence-corrected chi connectivity index (χ2v) is 7.52. The van der Waals surface area contributed by atoms with Crippen molar-refractivity contribution in [1.82, 2.24) is 19.6 Å². The minimum absolute atomic E-state index is 0.527. The molecule has 2 fully saturated rings. The minimum atomic E-state index is 0.527. The predicted molar refractivity (Wildman–Crippen MR) is 92.8 cm³/mol. The van der Waals surface area contributed by atoms with Crippen LogP contribution in [0.5, 0.6) is 0 Å². The number of aromatic nitrogens is 3. The van der Waals surface area contributed by atoms with Crippen molar-refractivity contribution in [2.24, 2.45) is 7.05 Å². The van der Waals surface area contributed by atoms with Crippen LogP contribution in [0.15, 0.2) is 23.0 Å². The summed E-state index contributed by atoms with van der Waals surface area (Å²) in [6, 6.07) is 2.21. The summed E-state index contributed by atoms with van der Waals surface area (Å²) in [4.78, 5) is 7.04. The van der Waals surface area contributed by atoms with Gasteiger partial charge in [-0.2, -0.15) is 0 Å². The van der Waals surface area contributed by atoms with Gasteiger partial charge in [-0.1, -0.05) is 24.4 Å². The maximum Gasteiger partial charge on any atom is 0.150 e. The molecule has 1 atom stereocenters. The molecule has 5 heteroatoms. The van der Waals surface area contributed by atoms with Gasteiger partial charge in [-0.15, -0.1) is 0 Å². The Morgan fingerprint density at radius 2 is 1.96 bits per heavy atom. The monoisotopic (exact) mass is 328 g/mol. The zero-order chi connectivity index (χ0) is 16.4. The Morgan fingerprint density at radius 3 is 2.75 bits per heavy atom. The fourth-order valence-electron chi connectivity index (χ4n) is 4.40. The SMILES string of the molecule is Cn1ccnc1[C@@H]1CCCN(Cc2cc(C3CCCCC3)no2)C1. The molecule has 1 saturated heterocycles. The van der Waals surface area contributed by atoms with Gasteiger partial charge in [-0.05, 0) is 32.2 Å². The quantitative estimate of drug-likeness (QED) is 0.855. The van der Waals surface area contributed by atoms with E-state index in [2.05, 4.69) is 32.7 Å². The summed E-state index contributed by atoms with van der Waals surface area (Å²) < 4.78 is 7.81. The number of likely N-dealkylation sites (tertiary alicyclic amines) is 1. The molecular formula is C19H28N4O. The van der Waals surface area contributed by atoms with Gasteiger partial charge in [0, 0.05) is 43.9 Å². The summed E-state index contributed by atoms with van der Waals surface area (Å²) in [7, 11) is 2.09. The second kappa shape index (κ2) is 7.09. The molecule has 130 valence electrons. The van der Waals surface area contributed by atoms with Gasteiger partial charge in [-0.25, -0.2) is 4.98 Å². The Labute approximate surface area is 144 Å². The Kier molecular flexibility index (Phi) is 4.69. The van der Waals surface area contributed by atoms with E-state index in [9.17, 15) is 0 Å². The highest BCUT2D eigenvalue weighted by atomic mass is 16.5. The normalized spacial score (nSPS) is 23.6. The van der Waals surface area contributed by atoms with Crippen LogP contribution in [0.4, 0.5) is 0 Å². The van der Waals surface area contributed by atoms with E-state index in [1.54, 1.807) is 0 Å². The summed E-state index contributed by atoms with van der Waals surface area (Å²) in [5.74, 6) is 3.38. The van der Waals surface area contributed by atoms with Crippen LogP contribution in [-0.4, -0.2) is 32.7 Å². The van der Waals surface area contributed by atoms with Crippen LogP contribution in [0, 0.1) is 0 Å². The molecule has 1 aliphatic heterocycles. The van der Waals surface area contributed by atoms with Crippen molar-refractivity contribution in [2.75, 3.05) is 13.1 Å². The van der Waals surface area contributed by atoms with Gasteiger partial charge >= 0.3 is 0 Å². The largest absolute Gasteiger partial charge is 0.360 e. The van der Waals surface area contributed by atoms with Crippen LogP contribution in [0.2, 0.25) is 0 Å². The third kappa shape index (κ3) is 3.41. The molecule has 2 aromatic rings. The van der Waals surface area contributed by atoms with Crippen LogP contribution in [0.25, 0.3) is 0 Å². The van der Waals surface area contributed by atoms with E-state index in [1.807, 2.05) is 12.4 Å². The smallest absolute Gasteiger partial charge is 0.150 e. The third-order valence-corrected chi connectivity index (χ3v) is 5.71. The third-order valence-electron chi connectivity index (χ3n) is 5.71. The molecule has 2 aromatic heterocycles. The Hall–Kier alpha value is -1.62. The highest BCUT2D eigenvalue weighted by Crippen LogP contribution is 2.32. The Morgan fingerprint density at radius 1 is 1.12 bits per heavy atom. The number of rotatable bonds is 4. The van der Waals surface area contributed by atoms with Crippen molar-refractivity contribution < 1.29 is 4.52 Å².